The van der Waals surface area contributed by atoms with Crippen molar-refractivity contribution in [2.75, 3.05) is 4.90 Å². The standard InChI is InChI=1S/C52H37N/c1-3-13-38(14-4-1)40-27-29-41(30-28-40)46-21-10-23-49(36-46)53(50-24-11-22-47(37-50)52-26-12-18-43-17-7-8-25-51(43)52)48-33-31-42(32-34-48)45-20-9-19-44(35-45)39-15-5-2-6-16-39/h1-37H. The third kappa shape index (κ3) is 6.65. The van der Waals surface area contributed by atoms with E-state index < -0.39 is 0 Å². The van der Waals surface area contributed by atoms with Crippen molar-refractivity contribution < 1.29 is 0 Å². The Kier molecular flexibility index (Phi) is 8.66. The summed E-state index contributed by atoms with van der Waals surface area (Å²) in [4.78, 5) is 2.38. The van der Waals surface area contributed by atoms with E-state index in [2.05, 4.69) is 229 Å². The highest BCUT2D eigenvalue weighted by Crippen LogP contribution is 2.40. The van der Waals surface area contributed by atoms with Crippen LogP contribution in [0, 0.1) is 0 Å². The fourth-order valence-electron chi connectivity index (χ4n) is 7.36. The van der Waals surface area contributed by atoms with Gasteiger partial charge < -0.3 is 4.90 Å². The lowest BCUT2D eigenvalue weighted by Crippen LogP contribution is -2.10. The van der Waals surface area contributed by atoms with Crippen molar-refractivity contribution in [1.29, 1.82) is 0 Å². The van der Waals surface area contributed by atoms with Crippen molar-refractivity contribution in [2.24, 2.45) is 0 Å². The SMILES string of the molecule is c1ccc(-c2ccc(-c3cccc(N(c4ccc(-c5cccc(-c6ccccc6)c5)cc4)c4cccc(-c5cccc6ccccc56)c4)c3)cc2)cc1. The van der Waals surface area contributed by atoms with Crippen molar-refractivity contribution in [3.63, 3.8) is 0 Å². The second-order valence-corrected chi connectivity index (χ2v) is 13.4. The Morgan fingerprint density at radius 1 is 0.226 bits per heavy atom. The van der Waals surface area contributed by atoms with Gasteiger partial charge in [-0.15, -0.1) is 0 Å². The van der Waals surface area contributed by atoms with Gasteiger partial charge in [-0.25, -0.2) is 0 Å². The van der Waals surface area contributed by atoms with Crippen molar-refractivity contribution in [2.45, 2.75) is 0 Å². The number of anilines is 3. The zero-order valence-corrected chi connectivity index (χ0v) is 29.3. The summed E-state index contributed by atoms with van der Waals surface area (Å²) in [5, 5.41) is 2.49. The molecule has 9 rings (SSSR count). The van der Waals surface area contributed by atoms with Crippen LogP contribution in [-0.4, -0.2) is 0 Å². The number of hydrogen-bond acceptors (Lipinski definition) is 1. The molecule has 0 N–H and O–H groups in total. The van der Waals surface area contributed by atoms with Gasteiger partial charge >= 0.3 is 0 Å². The minimum Gasteiger partial charge on any atom is -0.310 e. The molecular weight excluding hydrogens is 639 g/mol. The quantitative estimate of drug-likeness (QED) is 0.155. The van der Waals surface area contributed by atoms with Crippen molar-refractivity contribution in [3.8, 4) is 55.6 Å². The second kappa shape index (κ2) is 14.3. The van der Waals surface area contributed by atoms with Crippen LogP contribution in [0.2, 0.25) is 0 Å². The third-order valence-corrected chi connectivity index (χ3v) is 10.1. The van der Waals surface area contributed by atoms with Gasteiger partial charge in [-0.05, 0) is 109 Å². The Bertz CT molecular complexity index is 2640. The van der Waals surface area contributed by atoms with E-state index in [1.54, 1.807) is 0 Å². The fraction of sp³-hybridized carbons (Fsp3) is 0. The molecule has 0 unspecified atom stereocenters. The minimum atomic E-state index is 1.10. The van der Waals surface area contributed by atoms with Gasteiger partial charge in [-0.3, -0.25) is 0 Å². The van der Waals surface area contributed by atoms with Gasteiger partial charge in [0.25, 0.3) is 0 Å². The van der Waals surface area contributed by atoms with Gasteiger partial charge in [0.1, 0.15) is 0 Å². The highest BCUT2D eigenvalue weighted by molar-refractivity contribution is 5.97. The number of fused-ring (bicyclic) bond motifs is 1. The molecule has 0 heterocycles. The molecule has 0 amide bonds. The monoisotopic (exact) mass is 675 g/mol. The molecule has 0 aromatic heterocycles. The summed E-state index contributed by atoms with van der Waals surface area (Å²) in [5.41, 5.74) is 15.3. The average molecular weight is 676 g/mol. The van der Waals surface area contributed by atoms with Crippen LogP contribution in [0.1, 0.15) is 0 Å². The van der Waals surface area contributed by atoms with Crippen LogP contribution in [0.4, 0.5) is 17.1 Å². The van der Waals surface area contributed by atoms with Gasteiger partial charge in [0.05, 0.1) is 0 Å². The van der Waals surface area contributed by atoms with Crippen LogP contribution < -0.4 is 4.90 Å². The van der Waals surface area contributed by atoms with Crippen LogP contribution >= 0.6 is 0 Å². The summed E-state index contributed by atoms with van der Waals surface area (Å²) < 4.78 is 0. The van der Waals surface area contributed by atoms with Crippen LogP contribution in [0.5, 0.6) is 0 Å². The first-order valence-corrected chi connectivity index (χ1v) is 18.2. The van der Waals surface area contributed by atoms with Gasteiger partial charge in [-0.2, -0.15) is 0 Å². The highest BCUT2D eigenvalue weighted by atomic mass is 15.1. The minimum absolute atomic E-state index is 1.10. The van der Waals surface area contributed by atoms with E-state index in [0.29, 0.717) is 0 Å². The molecule has 0 atom stereocenters. The molecule has 1 nitrogen and oxygen atoms in total. The molecular formula is C52H37N. The van der Waals surface area contributed by atoms with Crippen molar-refractivity contribution in [3.05, 3.63) is 224 Å². The lowest BCUT2D eigenvalue weighted by Gasteiger charge is -2.27. The highest BCUT2D eigenvalue weighted by Gasteiger charge is 2.16. The van der Waals surface area contributed by atoms with Crippen molar-refractivity contribution in [1.82, 2.24) is 0 Å². The largest absolute Gasteiger partial charge is 0.310 e. The molecule has 9 aromatic carbocycles. The summed E-state index contributed by atoms with van der Waals surface area (Å²) in [5.74, 6) is 0. The molecule has 0 saturated heterocycles. The molecule has 0 aliphatic rings. The summed E-state index contributed by atoms with van der Waals surface area (Å²) in [6.07, 6.45) is 0. The van der Waals surface area contributed by atoms with E-state index in [4.69, 9.17) is 0 Å². The summed E-state index contributed by atoms with van der Waals surface area (Å²) >= 11 is 0. The van der Waals surface area contributed by atoms with Crippen LogP contribution in [-0.2, 0) is 0 Å². The molecule has 0 aliphatic heterocycles. The van der Waals surface area contributed by atoms with Crippen LogP contribution in [0.25, 0.3) is 66.4 Å². The Morgan fingerprint density at radius 2 is 0.623 bits per heavy atom. The van der Waals surface area contributed by atoms with E-state index in [9.17, 15) is 0 Å². The van der Waals surface area contributed by atoms with Gasteiger partial charge in [0.15, 0.2) is 0 Å². The average Bonchev–Trinajstić information content (AvgIpc) is 3.25. The lowest BCUT2D eigenvalue weighted by molar-refractivity contribution is 1.28. The molecule has 0 aliphatic carbocycles. The first-order valence-electron chi connectivity index (χ1n) is 18.2. The molecule has 250 valence electrons. The molecule has 0 radical (unpaired) electrons. The maximum absolute atomic E-state index is 2.38. The molecule has 0 saturated carbocycles. The molecule has 0 fully saturated rings. The fourth-order valence-corrected chi connectivity index (χ4v) is 7.36. The molecule has 53 heavy (non-hydrogen) atoms. The zero-order valence-electron chi connectivity index (χ0n) is 29.3. The Hall–Kier alpha value is -6.96. The van der Waals surface area contributed by atoms with Crippen LogP contribution in [0.3, 0.4) is 0 Å². The van der Waals surface area contributed by atoms with Crippen LogP contribution in [0.15, 0.2) is 224 Å². The number of rotatable bonds is 8. The number of hydrogen-bond donors (Lipinski definition) is 0. The van der Waals surface area contributed by atoms with Gasteiger partial charge in [0, 0.05) is 17.1 Å². The molecule has 0 bridgehead atoms. The Balaban J connectivity index is 1.12. The zero-order chi connectivity index (χ0) is 35.4. The number of nitrogens with zero attached hydrogens (tertiary/aromatic N) is 1. The third-order valence-electron chi connectivity index (χ3n) is 10.1. The topological polar surface area (TPSA) is 3.24 Å². The summed E-state index contributed by atoms with van der Waals surface area (Å²) in [6.45, 7) is 0. The van der Waals surface area contributed by atoms with E-state index in [0.717, 1.165) is 17.1 Å². The van der Waals surface area contributed by atoms with Crippen molar-refractivity contribution >= 4 is 27.8 Å². The molecule has 9 aromatic rings. The smallest absolute Gasteiger partial charge is 0.0467 e. The summed E-state index contributed by atoms with van der Waals surface area (Å²) in [7, 11) is 0. The van der Waals surface area contributed by atoms with E-state index in [-0.39, 0.29) is 0 Å². The second-order valence-electron chi connectivity index (χ2n) is 13.4. The lowest BCUT2D eigenvalue weighted by atomic mass is 9.97. The van der Waals surface area contributed by atoms with E-state index >= 15 is 0 Å². The predicted octanol–water partition coefficient (Wildman–Crippen LogP) is 14.6. The summed E-state index contributed by atoms with van der Waals surface area (Å²) in [6, 6.07) is 80.8. The molecule has 0 spiro atoms. The first-order chi connectivity index (χ1) is 26.3. The van der Waals surface area contributed by atoms with E-state index in [1.807, 2.05) is 0 Å². The Labute approximate surface area is 311 Å². The first kappa shape index (κ1) is 32.0. The van der Waals surface area contributed by atoms with E-state index in [1.165, 1.54) is 66.4 Å². The maximum atomic E-state index is 2.38. The van der Waals surface area contributed by atoms with Gasteiger partial charge in [-0.1, -0.05) is 182 Å². The Morgan fingerprint density at radius 3 is 1.26 bits per heavy atom. The molecule has 1 heteroatoms. The number of benzene rings is 9. The predicted molar refractivity (Wildman–Crippen MR) is 226 cm³/mol. The van der Waals surface area contributed by atoms with Gasteiger partial charge in [0.2, 0.25) is 0 Å². The maximum Gasteiger partial charge on any atom is 0.0467 e. The normalized spacial score (nSPS) is 11.0.